The van der Waals surface area contributed by atoms with Crippen molar-refractivity contribution in [2.75, 3.05) is 12.9 Å². The van der Waals surface area contributed by atoms with Gasteiger partial charge in [0.1, 0.15) is 5.75 Å². The van der Waals surface area contributed by atoms with Crippen molar-refractivity contribution in [1.82, 2.24) is 9.58 Å². The van der Waals surface area contributed by atoms with Crippen molar-refractivity contribution in [3.8, 4) is 5.75 Å². The van der Waals surface area contributed by atoms with Crippen LogP contribution in [0.5, 0.6) is 5.75 Å². The number of methoxy groups -OCH3 is 1. The van der Waals surface area contributed by atoms with Crippen LogP contribution in [0.15, 0.2) is 107 Å². The molecule has 1 amide bonds. The van der Waals surface area contributed by atoms with Crippen LogP contribution in [0.25, 0.3) is 10.9 Å². The normalized spacial score (nSPS) is 14.8. The van der Waals surface area contributed by atoms with E-state index in [1.807, 2.05) is 24.3 Å². The summed E-state index contributed by atoms with van der Waals surface area (Å²) in [5, 5.41) is 7.76. The summed E-state index contributed by atoms with van der Waals surface area (Å²) in [6.07, 6.45) is 2.86. The number of nitrogens with zero attached hydrogens (tertiary/aromatic N) is 3. The molecular formula is C36H35N3O2S. The van der Waals surface area contributed by atoms with Gasteiger partial charge in [-0.2, -0.15) is 5.10 Å². The van der Waals surface area contributed by atoms with E-state index >= 15 is 0 Å². The van der Waals surface area contributed by atoms with Crippen LogP contribution in [0, 0.1) is 20.8 Å². The number of benzene rings is 4. The average Bonchev–Trinajstić information content (AvgIpc) is 3.61. The first-order valence-electron chi connectivity index (χ1n) is 14.3. The topological polar surface area (TPSA) is 46.8 Å². The zero-order chi connectivity index (χ0) is 29.2. The molecule has 1 aromatic heterocycles. The minimum Gasteiger partial charge on any atom is -0.497 e. The van der Waals surface area contributed by atoms with Crippen molar-refractivity contribution in [3.63, 3.8) is 0 Å². The molecule has 1 aliphatic rings. The number of thioether (sulfide) groups is 1. The lowest BCUT2D eigenvalue weighted by Gasteiger charge is -2.22. The average molecular weight is 574 g/mol. The summed E-state index contributed by atoms with van der Waals surface area (Å²) < 4.78 is 7.63. The Balaban J connectivity index is 1.26. The third-order valence-corrected chi connectivity index (χ3v) is 9.03. The van der Waals surface area contributed by atoms with Gasteiger partial charge in [0.2, 0.25) is 0 Å². The van der Waals surface area contributed by atoms with Crippen LogP contribution in [-0.4, -0.2) is 34.1 Å². The van der Waals surface area contributed by atoms with E-state index in [1.165, 1.54) is 33.2 Å². The molecule has 6 rings (SSSR count). The fourth-order valence-electron chi connectivity index (χ4n) is 5.57. The number of hydrogen-bond acceptors (Lipinski definition) is 4. The summed E-state index contributed by atoms with van der Waals surface area (Å²) >= 11 is 1.59. The largest absolute Gasteiger partial charge is 0.497 e. The number of carbonyl (C=O) groups excluding carboxylic acids is 1. The number of ether oxygens (including phenoxy) is 1. The van der Waals surface area contributed by atoms with Gasteiger partial charge in [0, 0.05) is 35.0 Å². The van der Waals surface area contributed by atoms with E-state index in [0.717, 1.165) is 34.0 Å². The minimum absolute atomic E-state index is 0.000413. The molecule has 42 heavy (non-hydrogen) atoms. The molecule has 0 saturated heterocycles. The van der Waals surface area contributed by atoms with Crippen LogP contribution in [0.4, 0.5) is 0 Å². The predicted molar refractivity (Wildman–Crippen MR) is 173 cm³/mol. The Bertz CT molecular complexity index is 1770. The summed E-state index contributed by atoms with van der Waals surface area (Å²) in [6, 6.07) is 31.2. The molecule has 0 N–H and O–H groups in total. The van der Waals surface area contributed by atoms with Gasteiger partial charge in [0.25, 0.3) is 5.91 Å². The SMILES string of the molecule is COc1ccc(C2=NN(C(=O)CSc3cn(Cc4cc(C)ccc4C)c4ccccc34)[C@@H](c3ccc(C)cc3)C2)cc1. The van der Waals surface area contributed by atoms with Crippen LogP contribution < -0.4 is 4.74 Å². The van der Waals surface area contributed by atoms with E-state index in [2.05, 4.69) is 98.3 Å². The van der Waals surface area contributed by atoms with Crippen LogP contribution in [0.2, 0.25) is 0 Å². The molecule has 1 atom stereocenters. The van der Waals surface area contributed by atoms with Crippen molar-refractivity contribution in [1.29, 1.82) is 0 Å². The third-order valence-electron chi connectivity index (χ3n) is 8.00. The Labute approximate surface area is 251 Å². The zero-order valence-corrected chi connectivity index (χ0v) is 25.3. The second-order valence-electron chi connectivity index (χ2n) is 11.0. The third kappa shape index (κ3) is 5.72. The first kappa shape index (κ1) is 27.9. The van der Waals surface area contributed by atoms with E-state index < -0.39 is 0 Å². The number of aryl methyl sites for hydroxylation is 3. The standard InChI is InChI=1S/C36H35N3O2S/c1-24-10-13-28(14-11-24)34-20-32(27-15-17-30(41-4)18-16-27)37-39(34)36(40)23-42-35-22-38(33-8-6-5-7-31(33)35)21-29-19-25(2)9-12-26(29)3/h5-19,22,34H,20-21,23H2,1-4H3/t34-/m1/s1. The fraction of sp³-hybridized carbons (Fsp3) is 0.222. The molecule has 5 nitrogen and oxygen atoms in total. The number of aromatic nitrogens is 1. The van der Waals surface area contributed by atoms with Crippen molar-refractivity contribution in [2.45, 2.75) is 44.7 Å². The van der Waals surface area contributed by atoms with Gasteiger partial charge < -0.3 is 9.30 Å². The Morgan fingerprint density at radius 1 is 0.929 bits per heavy atom. The summed E-state index contributed by atoms with van der Waals surface area (Å²) in [6.45, 7) is 7.16. The van der Waals surface area contributed by atoms with Gasteiger partial charge in [-0.3, -0.25) is 4.79 Å². The molecular weight excluding hydrogens is 538 g/mol. The molecule has 0 saturated carbocycles. The van der Waals surface area contributed by atoms with Gasteiger partial charge >= 0.3 is 0 Å². The predicted octanol–water partition coefficient (Wildman–Crippen LogP) is 8.09. The number of hydrogen-bond donors (Lipinski definition) is 0. The van der Waals surface area contributed by atoms with Crippen molar-refractivity contribution >= 4 is 34.3 Å². The summed E-state index contributed by atoms with van der Waals surface area (Å²) in [5.74, 6) is 1.10. The molecule has 0 fully saturated rings. The smallest absolute Gasteiger partial charge is 0.253 e. The molecule has 5 aromatic rings. The maximum Gasteiger partial charge on any atom is 0.253 e. The van der Waals surface area contributed by atoms with Crippen molar-refractivity contribution < 1.29 is 9.53 Å². The molecule has 0 spiro atoms. The van der Waals surface area contributed by atoms with Gasteiger partial charge in [-0.1, -0.05) is 71.8 Å². The fourth-order valence-corrected chi connectivity index (χ4v) is 6.51. The van der Waals surface area contributed by atoms with E-state index in [-0.39, 0.29) is 11.9 Å². The molecule has 212 valence electrons. The number of fused-ring (bicyclic) bond motifs is 1. The summed E-state index contributed by atoms with van der Waals surface area (Å²) in [5.41, 5.74) is 9.22. The maximum absolute atomic E-state index is 13.8. The molecule has 4 aromatic carbocycles. The Hall–Kier alpha value is -4.29. The Morgan fingerprint density at radius 2 is 1.67 bits per heavy atom. The lowest BCUT2D eigenvalue weighted by atomic mass is 9.97. The van der Waals surface area contributed by atoms with Crippen LogP contribution in [0.1, 0.15) is 45.8 Å². The van der Waals surface area contributed by atoms with E-state index in [0.29, 0.717) is 12.2 Å². The van der Waals surface area contributed by atoms with Gasteiger partial charge in [-0.25, -0.2) is 5.01 Å². The Morgan fingerprint density at radius 3 is 2.43 bits per heavy atom. The molecule has 0 unspecified atom stereocenters. The van der Waals surface area contributed by atoms with E-state index in [4.69, 9.17) is 9.84 Å². The second kappa shape index (κ2) is 11.9. The highest BCUT2D eigenvalue weighted by Crippen LogP contribution is 2.36. The highest BCUT2D eigenvalue weighted by atomic mass is 32.2. The summed E-state index contributed by atoms with van der Waals surface area (Å²) in [7, 11) is 1.66. The van der Waals surface area contributed by atoms with Gasteiger partial charge in [-0.15, -0.1) is 11.8 Å². The van der Waals surface area contributed by atoms with E-state index in [1.54, 1.807) is 23.9 Å². The zero-order valence-electron chi connectivity index (χ0n) is 24.5. The molecule has 2 heterocycles. The van der Waals surface area contributed by atoms with Crippen molar-refractivity contribution in [3.05, 3.63) is 131 Å². The number of para-hydroxylation sites is 1. The number of hydrazone groups is 1. The number of carbonyl (C=O) groups is 1. The first-order valence-corrected chi connectivity index (χ1v) is 15.3. The van der Waals surface area contributed by atoms with E-state index in [9.17, 15) is 4.79 Å². The minimum atomic E-state index is -0.138. The lowest BCUT2D eigenvalue weighted by Crippen LogP contribution is -2.28. The number of amides is 1. The Kier molecular flexibility index (Phi) is 7.90. The molecule has 6 heteroatoms. The van der Waals surface area contributed by atoms with Gasteiger partial charge in [0.15, 0.2) is 0 Å². The van der Waals surface area contributed by atoms with Crippen LogP contribution in [0.3, 0.4) is 0 Å². The summed E-state index contributed by atoms with van der Waals surface area (Å²) in [4.78, 5) is 14.9. The number of rotatable bonds is 8. The maximum atomic E-state index is 13.8. The highest BCUT2D eigenvalue weighted by molar-refractivity contribution is 8.00. The van der Waals surface area contributed by atoms with Gasteiger partial charge in [-0.05, 0) is 73.4 Å². The molecule has 1 aliphatic heterocycles. The monoisotopic (exact) mass is 573 g/mol. The highest BCUT2D eigenvalue weighted by Gasteiger charge is 2.33. The molecule has 0 bridgehead atoms. The quantitative estimate of drug-likeness (QED) is 0.176. The molecule has 0 radical (unpaired) electrons. The first-order chi connectivity index (χ1) is 20.4. The molecule has 0 aliphatic carbocycles. The van der Waals surface area contributed by atoms with Crippen LogP contribution in [-0.2, 0) is 11.3 Å². The van der Waals surface area contributed by atoms with Gasteiger partial charge in [0.05, 0.1) is 24.6 Å². The second-order valence-corrected chi connectivity index (χ2v) is 12.0. The van der Waals surface area contributed by atoms with Crippen LogP contribution >= 0.6 is 11.8 Å². The lowest BCUT2D eigenvalue weighted by molar-refractivity contribution is -0.130. The van der Waals surface area contributed by atoms with Crippen molar-refractivity contribution in [2.24, 2.45) is 5.10 Å².